The largest absolute Gasteiger partial charge is 0.355 e. The first-order valence-electron chi connectivity index (χ1n) is 9.17. The highest BCUT2D eigenvalue weighted by Crippen LogP contribution is 2.29. The van der Waals surface area contributed by atoms with Crippen LogP contribution in [0.2, 0.25) is 0 Å². The maximum Gasteiger partial charge on any atom is 0.257 e. The first kappa shape index (κ1) is 18.9. The zero-order valence-corrected chi connectivity index (χ0v) is 16.6. The predicted octanol–water partition coefficient (Wildman–Crippen LogP) is 5.19. The monoisotopic (exact) mass is 362 g/mol. The summed E-state index contributed by atoms with van der Waals surface area (Å²) in [6.45, 7) is 10.8. The minimum absolute atomic E-state index is 0.0730. The van der Waals surface area contributed by atoms with Crippen LogP contribution in [0.3, 0.4) is 0 Å². The fourth-order valence-electron chi connectivity index (χ4n) is 3.03. The van der Waals surface area contributed by atoms with Crippen molar-refractivity contribution in [1.29, 1.82) is 0 Å². The van der Waals surface area contributed by atoms with Gasteiger partial charge in [-0.05, 0) is 36.0 Å². The van der Waals surface area contributed by atoms with E-state index in [-0.39, 0.29) is 11.3 Å². The van der Waals surface area contributed by atoms with Crippen LogP contribution in [0.4, 0.5) is 0 Å². The molecule has 4 heteroatoms. The molecule has 0 aliphatic heterocycles. The number of amides is 1. The van der Waals surface area contributed by atoms with E-state index < -0.39 is 0 Å². The fraction of sp³-hybridized carbons (Fsp3) is 0.304. The van der Waals surface area contributed by atoms with E-state index in [0.717, 1.165) is 16.7 Å². The minimum atomic E-state index is -0.174. The molecule has 0 spiro atoms. The summed E-state index contributed by atoms with van der Waals surface area (Å²) in [5.74, 6) is 0.335. The van der Waals surface area contributed by atoms with Crippen LogP contribution in [0, 0.1) is 13.8 Å². The third-order valence-electron chi connectivity index (χ3n) is 4.80. The van der Waals surface area contributed by atoms with E-state index in [1.54, 1.807) is 6.92 Å². The summed E-state index contributed by atoms with van der Waals surface area (Å²) in [6.07, 6.45) is 0. The number of benzene rings is 2. The van der Waals surface area contributed by atoms with E-state index in [4.69, 9.17) is 4.52 Å². The van der Waals surface area contributed by atoms with Gasteiger partial charge in [-0.2, -0.15) is 0 Å². The van der Waals surface area contributed by atoms with Gasteiger partial charge in [0.1, 0.15) is 5.56 Å². The van der Waals surface area contributed by atoms with Crippen molar-refractivity contribution in [3.8, 4) is 11.3 Å². The predicted molar refractivity (Wildman–Crippen MR) is 108 cm³/mol. The molecule has 1 amide bonds. The van der Waals surface area contributed by atoms with Gasteiger partial charge in [0.15, 0.2) is 5.76 Å². The smallest absolute Gasteiger partial charge is 0.257 e. The van der Waals surface area contributed by atoms with Crippen LogP contribution in [-0.2, 0) is 12.0 Å². The summed E-state index contributed by atoms with van der Waals surface area (Å²) in [5.41, 5.74) is 5.48. The van der Waals surface area contributed by atoms with Crippen LogP contribution in [0.15, 0.2) is 53.1 Å². The molecule has 0 saturated carbocycles. The summed E-state index contributed by atoms with van der Waals surface area (Å²) >= 11 is 0. The highest BCUT2D eigenvalue weighted by molar-refractivity contribution is 6.00. The van der Waals surface area contributed by atoms with Gasteiger partial charge in [-0.25, -0.2) is 0 Å². The number of aromatic nitrogens is 1. The molecule has 0 unspecified atom stereocenters. The zero-order chi connectivity index (χ0) is 19.6. The van der Waals surface area contributed by atoms with Crippen molar-refractivity contribution in [3.63, 3.8) is 0 Å². The molecule has 4 nitrogen and oxygen atoms in total. The molecule has 2 aromatic carbocycles. The molecular weight excluding hydrogens is 336 g/mol. The Kier molecular flexibility index (Phi) is 5.17. The molecule has 0 aliphatic carbocycles. The number of aryl methyl sites for hydroxylation is 2. The first-order chi connectivity index (χ1) is 12.8. The van der Waals surface area contributed by atoms with Crippen molar-refractivity contribution in [3.05, 3.63) is 76.5 Å². The normalized spacial score (nSPS) is 11.4. The molecule has 27 heavy (non-hydrogen) atoms. The van der Waals surface area contributed by atoms with Crippen molar-refractivity contribution in [1.82, 2.24) is 10.5 Å². The van der Waals surface area contributed by atoms with Gasteiger partial charge >= 0.3 is 0 Å². The van der Waals surface area contributed by atoms with Crippen LogP contribution in [0.5, 0.6) is 0 Å². The number of carbonyl (C=O) groups is 1. The Morgan fingerprint density at radius 3 is 2.33 bits per heavy atom. The van der Waals surface area contributed by atoms with E-state index in [9.17, 15) is 4.79 Å². The lowest BCUT2D eigenvalue weighted by Crippen LogP contribution is -2.24. The first-order valence-corrected chi connectivity index (χ1v) is 9.17. The summed E-state index contributed by atoms with van der Waals surface area (Å²) in [5, 5.41) is 7.01. The maximum absolute atomic E-state index is 12.8. The molecule has 0 saturated heterocycles. The van der Waals surface area contributed by atoms with Gasteiger partial charge in [-0.1, -0.05) is 74.5 Å². The Balaban J connectivity index is 1.84. The molecular formula is C23H26N2O2. The zero-order valence-electron chi connectivity index (χ0n) is 16.6. The van der Waals surface area contributed by atoms with Crippen molar-refractivity contribution in [2.45, 2.75) is 46.6 Å². The molecule has 0 radical (unpaired) electrons. The van der Waals surface area contributed by atoms with Crippen LogP contribution in [-0.4, -0.2) is 11.1 Å². The Morgan fingerprint density at radius 2 is 1.70 bits per heavy atom. The Morgan fingerprint density at radius 1 is 1.04 bits per heavy atom. The highest BCUT2D eigenvalue weighted by atomic mass is 16.5. The van der Waals surface area contributed by atoms with Crippen LogP contribution in [0.1, 0.15) is 53.5 Å². The molecule has 3 aromatic rings. The van der Waals surface area contributed by atoms with Crippen LogP contribution < -0.4 is 5.32 Å². The second-order valence-electron chi connectivity index (χ2n) is 7.91. The maximum atomic E-state index is 12.8. The number of hydrogen-bond acceptors (Lipinski definition) is 3. The summed E-state index contributed by atoms with van der Waals surface area (Å²) < 4.78 is 5.49. The number of rotatable bonds is 4. The highest BCUT2D eigenvalue weighted by Gasteiger charge is 2.22. The fourth-order valence-corrected chi connectivity index (χ4v) is 3.03. The Labute approximate surface area is 160 Å². The number of nitrogens with zero attached hydrogens (tertiary/aromatic N) is 1. The molecule has 1 N–H and O–H groups in total. The third kappa shape index (κ3) is 4.11. The standard InChI is InChI=1S/C23H26N2O2/c1-15-8-6-7-9-18(15)14-24-22(26)20-16(2)25-27-21(20)17-10-12-19(13-11-17)23(3,4)5/h6-13H,14H2,1-5H3,(H,24,26). The molecule has 0 atom stereocenters. The molecule has 1 aromatic heterocycles. The summed E-state index contributed by atoms with van der Waals surface area (Å²) in [6, 6.07) is 16.1. The van der Waals surface area contributed by atoms with E-state index in [1.165, 1.54) is 5.56 Å². The van der Waals surface area contributed by atoms with Crippen molar-refractivity contribution in [2.75, 3.05) is 0 Å². The van der Waals surface area contributed by atoms with E-state index in [1.807, 2.05) is 43.3 Å². The lowest BCUT2D eigenvalue weighted by Gasteiger charge is -2.18. The average Bonchev–Trinajstić information content (AvgIpc) is 3.02. The van der Waals surface area contributed by atoms with Gasteiger partial charge in [0, 0.05) is 12.1 Å². The average molecular weight is 362 g/mol. The van der Waals surface area contributed by atoms with Gasteiger partial charge in [-0.3, -0.25) is 4.79 Å². The SMILES string of the molecule is Cc1ccccc1CNC(=O)c1c(C)noc1-c1ccc(C(C)(C)C)cc1. The molecule has 0 bridgehead atoms. The van der Waals surface area contributed by atoms with Gasteiger partial charge in [0.25, 0.3) is 5.91 Å². The number of nitrogens with one attached hydrogen (secondary N) is 1. The minimum Gasteiger partial charge on any atom is -0.355 e. The number of hydrogen-bond donors (Lipinski definition) is 1. The Hall–Kier alpha value is -2.88. The lowest BCUT2D eigenvalue weighted by atomic mass is 9.86. The Bertz CT molecular complexity index is 947. The topological polar surface area (TPSA) is 55.1 Å². The van der Waals surface area contributed by atoms with Crippen LogP contribution >= 0.6 is 0 Å². The van der Waals surface area contributed by atoms with Crippen molar-refractivity contribution >= 4 is 5.91 Å². The van der Waals surface area contributed by atoms with Gasteiger partial charge in [-0.15, -0.1) is 0 Å². The lowest BCUT2D eigenvalue weighted by molar-refractivity contribution is 0.0950. The van der Waals surface area contributed by atoms with Gasteiger partial charge < -0.3 is 9.84 Å². The van der Waals surface area contributed by atoms with Crippen LogP contribution in [0.25, 0.3) is 11.3 Å². The second-order valence-corrected chi connectivity index (χ2v) is 7.91. The van der Waals surface area contributed by atoms with Crippen molar-refractivity contribution < 1.29 is 9.32 Å². The summed E-state index contributed by atoms with van der Waals surface area (Å²) in [4.78, 5) is 12.8. The molecule has 3 rings (SSSR count). The second kappa shape index (κ2) is 7.39. The third-order valence-corrected chi connectivity index (χ3v) is 4.80. The molecule has 0 aliphatic rings. The van der Waals surface area contributed by atoms with E-state index >= 15 is 0 Å². The van der Waals surface area contributed by atoms with Gasteiger partial charge in [0.2, 0.25) is 0 Å². The van der Waals surface area contributed by atoms with Crippen molar-refractivity contribution in [2.24, 2.45) is 0 Å². The van der Waals surface area contributed by atoms with E-state index in [0.29, 0.717) is 23.6 Å². The molecule has 140 valence electrons. The molecule has 0 fully saturated rings. The molecule has 1 heterocycles. The van der Waals surface area contributed by atoms with E-state index in [2.05, 4.69) is 43.4 Å². The quantitative estimate of drug-likeness (QED) is 0.695. The number of carbonyl (C=O) groups excluding carboxylic acids is 1. The van der Waals surface area contributed by atoms with Gasteiger partial charge in [0.05, 0.1) is 5.69 Å². The summed E-state index contributed by atoms with van der Waals surface area (Å²) in [7, 11) is 0.